The molecule has 1 heterocycles. The molecule has 2 rings (SSSR count). The molecule has 0 aromatic heterocycles. The van der Waals surface area contributed by atoms with Crippen molar-refractivity contribution < 1.29 is 4.79 Å². The lowest BCUT2D eigenvalue weighted by Gasteiger charge is -2.19. The summed E-state index contributed by atoms with van der Waals surface area (Å²) in [5, 5.41) is 6.35. The van der Waals surface area contributed by atoms with Crippen molar-refractivity contribution in [3.05, 3.63) is 34.3 Å². The highest BCUT2D eigenvalue weighted by Gasteiger charge is 2.30. The van der Waals surface area contributed by atoms with Crippen LogP contribution in [-0.2, 0) is 4.79 Å². The molecule has 18 heavy (non-hydrogen) atoms. The van der Waals surface area contributed by atoms with Crippen molar-refractivity contribution in [3.63, 3.8) is 0 Å². The van der Waals surface area contributed by atoms with Crippen LogP contribution in [0.15, 0.2) is 28.7 Å². The van der Waals surface area contributed by atoms with E-state index in [9.17, 15) is 4.79 Å². The van der Waals surface area contributed by atoms with Crippen LogP contribution in [0.3, 0.4) is 0 Å². The summed E-state index contributed by atoms with van der Waals surface area (Å²) in [7, 11) is 0. The number of rotatable bonds is 3. The smallest absolute Gasteiger partial charge is 0.225 e. The number of halogens is 1. The Labute approximate surface area is 116 Å². The second kappa shape index (κ2) is 5.85. The summed E-state index contributed by atoms with van der Waals surface area (Å²) < 4.78 is 1.04. The fourth-order valence-corrected chi connectivity index (χ4v) is 2.76. The van der Waals surface area contributed by atoms with Gasteiger partial charge in [0.25, 0.3) is 0 Å². The van der Waals surface area contributed by atoms with Gasteiger partial charge in [-0.3, -0.25) is 4.79 Å². The van der Waals surface area contributed by atoms with Gasteiger partial charge in [0, 0.05) is 11.0 Å². The summed E-state index contributed by atoms with van der Waals surface area (Å²) in [6.07, 6.45) is 0. The minimum Gasteiger partial charge on any atom is -0.349 e. The molecule has 98 valence electrons. The number of carbonyl (C=O) groups excluding carboxylic acids is 1. The third-order valence-corrected chi connectivity index (χ3v) is 4.05. The number of benzene rings is 1. The summed E-state index contributed by atoms with van der Waals surface area (Å²) in [6, 6.07) is 8.10. The van der Waals surface area contributed by atoms with Crippen molar-refractivity contribution in [2.45, 2.75) is 19.9 Å². The SMILES string of the molecule is C[C@@H]1CNC[C@H]1C(=O)N[C@H](C)c1cccc(Br)c1. The quantitative estimate of drug-likeness (QED) is 0.900. The van der Waals surface area contributed by atoms with Gasteiger partial charge in [0.15, 0.2) is 0 Å². The maximum Gasteiger partial charge on any atom is 0.225 e. The van der Waals surface area contributed by atoms with Gasteiger partial charge >= 0.3 is 0 Å². The summed E-state index contributed by atoms with van der Waals surface area (Å²) in [6.45, 7) is 5.86. The molecule has 0 radical (unpaired) electrons. The zero-order valence-electron chi connectivity index (χ0n) is 10.7. The molecule has 0 unspecified atom stereocenters. The maximum atomic E-state index is 12.2. The highest BCUT2D eigenvalue weighted by molar-refractivity contribution is 9.10. The molecule has 0 spiro atoms. The fourth-order valence-electron chi connectivity index (χ4n) is 2.34. The Hall–Kier alpha value is -0.870. The first-order valence-corrected chi connectivity index (χ1v) is 7.14. The van der Waals surface area contributed by atoms with Gasteiger partial charge in [0.2, 0.25) is 5.91 Å². The van der Waals surface area contributed by atoms with E-state index >= 15 is 0 Å². The van der Waals surface area contributed by atoms with Gasteiger partial charge in [0.1, 0.15) is 0 Å². The van der Waals surface area contributed by atoms with E-state index in [1.165, 1.54) is 0 Å². The van der Waals surface area contributed by atoms with E-state index < -0.39 is 0 Å². The summed E-state index contributed by atoms with van der Waals surface area (Å²) >= 11 is 3.45. The van der Waals surface area contributed by atoms with Gasteiger partial charge in [-0.15, -0.1) is 0 Å². The lowest BCUT2D eigenvalue weighted by molar-refractivity contribution is -0.126. The highest BCUT2D eigenvalue weighted by Crippen LogP contribution is 2.20. The van der Waals surface area contributed by atoms with E-state index in [1.54, 1.807) is 0 Å². The van der Waals surface area contributed by atoms with Gasteiger partial charge in [0.05, 0.1) is 12.0 Å². The van der Waals surface area contributed by atoms with Crippen LogP contribution in [-0.4, -0.2) is 19.0 Å². The molecule has 1 saturated heterocycles. The maximum absolute atomic E-state index is 12.2. The molecular formula is C14H19BrN2O. The Morgan fingerprint density at radius 1 is 1.50 bits per heavy atom. The van der Waals surface area contributed by atoms with E-state index in [0.29, 0.717) is 5.92 Å². The molecule has 1 amide bonds. The summed E-state index contributed by atoms with van der Waals surface area (Å²) in [5.74, 6) is 0.666. The molecule has 4 heteroatoms. The van der Waals surface area contributed by atoms with Crippen LogP contribution in [0.4, 0.5) is 0 Å². The second-order valence-electron chi connectivity index (χ2n) is 5.03. The van der Waals surface area contributed by atoms with Gasteiger partial charge in [-0.1, -0.05) is 35.0 Å². The van der Waals surface area contributed by atoms with E-state index in [1.807, 2.05) is 31.2 Å². The molecule has 3 atom stereocenters. The van der Waals surface area contributed by atoms with Crippen molar-refractivity contribution in [2.24, 2.45) is 11.8 Å². The summed E-state index contributed by atoms with van der Waals surface area (Å²) in [5.41, 5.74) is 1.12. The molecular weight excluding hydrogens is 292 g/mol. The zero-order valence-corrected chi connectivity index (χ0v) is 12.3. The van der Waals surface area contributed by atoms with E-state index in [4.69, 9.17) is 0 Å². The molecule has 1 fully saturated rings. The van der Waals surface area contributed by atoms with Crippen molar-refractivity contribution in [3.8, 4) is 0 Å². The Morgan fingerprint density at radius 3 is 2.89 bits per heavy atom. The van der Waals surface area contributed by atoms with Crippen LogP contribution in [0.2, 0.25) is 0 Å². The number of carbonyl (C=O) groups is 1. The molecule has 0 saturated carbocycles. The molecule has 2 N–H and O–H groups in total. The molecule has 1 aliphatic rings. The predicted molar refractivity (Wildman–Crippen MR) is 76.2 cm³/mol. The number of nitrogens with one attached hydrogen (secondary N) is 2. The average molecular weight is 311 g/mol. The third kappa shape index (κ3) is 3.12. The number of amides is 1. The van der Waals surface area contributed by atoms with Crippen LogP contribution in [0.5, 0.6) is 0 Å². The van der Waals surface area contributed by atoms with E-state index in [2.05, 4.69) is 33.5 Å². The Bertz CT molecular complexity index is 436. The molecule has 0 aliphatic carbocycles. The van der Waals surface area contributed by atoms with Crippen LogP contribution < -0.4 is 10.6 Å². The van der Waals surface area contributed by atoms with Crippen molar-refractivity contribution in [1.82, 2.24) is 10.6 Å². The van der Waals surface area contributed by atoms with Crippen molar-refractivity contribution in [2.75, 3.05) is 13.1 Å². The highest BCUT2D eigenvalue weighted by atomic mass is 79.9. The lowest BCUT2D eigenvalue weighted by atomic mass is 9.96. The molecule has 1 aliphatic heterocycles. The van der Waals surface area contributed by atoms with Gasteiger partial charge in [-0.2, -0.15) is 0 Å². The largest absolute Gasteiger partial charge is 0.349 e. The first-order chi connectivity index (χ1) is 8.58. The fraction of sp³-hybridized carbons (Fsp3) is 0.500. The minimum atomic E-state index is 0.0443. The van der Waals surface area contributed by atoms with Crippen LogP contribution >= 0.6 is 15.9 Å². The average Bonchev–Trinajstić information content (AvgIpc) is 2.75. The zero-order chi connectivity index (χ0) is 13.1. The van der Waals surface area contributed by atoms with Crippen LogP contribution in [0.1, 0.15) is 25.5 Å². The first kappa shape index (κ1) is 13.6. The standard InChI is InChI=1S/C14H19BrN2O/c1-9-7-16-8-13(9)14(18)17-10(2)11-4-3-5-12(15)6-11/h3-6,9-10,13,16H,7-8H2,1-2H3,(H,17,18)/t9-,10-,13-/m1/s1. The topological polar surface area (TPSA) is 41.1 Å². The monoisotopic (exact) mass is 310 g/mol. The molecule has 1 aromatic carbocycles. The predicted octanol–water partition coefficient (Wildman–Crippen LogP) is 2.48. The second-order valence-corrected chi connectivity index (χ2v) is 5.94. The number of hydrogen-bond acceptors (Lipinski definition) is 2. The van der Waals surface area contributed by atoms with E-state index in [-0.39, 0.29) is 17.9 Å². The van der Waals surface area contributed by atoms with E-state index in [0.717, 1.165) is 23.1 Å². The van der Waals surface area contributed by atoms with Gasteiger partial charge in [-0.25, -0.2) is 0 Å². The van der Waals surface area contributed by atoms with Crippen LogP contribution in [0.25, 0.3) is 0 Å². The van der Waals surface area contributed by atoms with Crippen molar-refractivity contribution >= 4 is 21.8 Å². The molecule has 3 nitrogen and oxygen atoms in total. The Morgan fingerprint density at radius 2 is 2.28 bits per heavy atom. The summed E-state index contributed by atoms with van der Waals surface area (Å²) in [4.78, 5) is 12.2. The first-order valence-electron chi connectivity index (χ1n) is 6.34. The van der Waals surface area contributed by atoms with Crippen LogP contribution in [0, 0.1) is 11.8 Å². The lowest BCUT2D eigenvalue weighted by Crippen LogP contribution is -2.35. The molecule has 1 aromatic rings. The Balaban J connectivity index is 1.98. The van der Waals surface area contributed by atoms with Crippen molar-refractivity contribution in [1.29, 1.82) is 0 Å². The third-order valence-electron chi connectivity index (χ3n) is 3.56. The minimum absolute atomic E-state index is 0.0443. The number of hydrogen-bond donors (Lipinski definition) is 2. The Kier molecular flexibility index (Phi) is 4.40. The van der Waals surface area contributed by atoms with Gasteiger partial charge in [-0.05, 0) is 37.1 Å². The van der Waals surface area contributed by atoms with Gasteiger partial charge < -0.3 is 10.6 Å². The normalized spacial score (nSPS) is 24.8. The molecule has 0 bridgehead atoms.